The summed E-state index contributed by atoms with van der Waals surface area (Å²) in [6, 6.07) is 18.6. The van der Waals surface area contributed by atoms with Gasteiger partial charge in [-0.05, 0) is 56.6 Å². The Morgan fingerprint density at radius 2 is 1.86 bits per heavy atom. The van der Waals surface area contributed by atoms with Gasteiger partial charge >= 0.3 is 0 Å². The van der Waals surface area contributed by atoms with E-state index < -0.39 is 0 Å². The monoisotopic (exact) mass is 373 g/mol. The Hall–Kier alpha value is -2.72. The summed E-state index contributed by atoms with van der Waals surface area (Å²) in [7, 11) is 4.16. The number of aromatic nitrogens is 1. The molecule has 1 unspecified atom stereocenters. The zero-order valence-electron chi connectivity index (χ0n) is 16.6. The first-order valence-electron chi connectivity index (χ1n) is 10.0. The van der Waals surface area contributed by atoms with Crippen LogP contribution in [-0.2, 0) is 6.54 Å². The molecule has 4 rings (SSSR count). The van der Waals surface area contributed by atoms with Crippen molar-refractivity contribution in [2.24, 2.45) is 0 Å². The quantitative estimate of drug-likeness (QED) is 0.667. The van der Waals surface area contributed by atoms with Crippen LogP contribution in [0.2, 0.25) is 0 Å². The van der Waals surface area contributed by atoms with Crippen molar-refractivity contribution < 1.29 is 4.79 Å². The third-order valence-corrected chi connectivity index (χ3v) is 5.51. The molecule has 0 radical (unpaired) electrons. The zero-order chi connectivity index (χ0) is 19.5. The number of hydrogen-bond acceptors (Lipinski definition) is 3. The van der Waals surface area contributed by atoms with Gasteiger partial charge in [-0.2, -0.15) is 0 Å². The summed E-state index contributed by atoms with van der Waals surface area (Å²) in [4.78, 5) is 22.1. The van der Waals surface area contributed by atoms with Gasteiger partial charge in [-0.25, -0.2) is 0 Å². The molecule has 1 saturated heterocycles. The lowest BCUT2D eigenvalue weighted by molar-refractivity contribution is 0.0613. The fraction of sp³-hybridized carbons (Fsp3) is 0.333. The Morgan fingerprint density at radius 3 is 2.64 bits per heavy atom. The Labute approximate surface area is 166 Å². The van der Waals surface area contributed by atoms with Gasteiger partial charge in [0.1, 0.15) is 0 Å². The highest BCUT2D eigenvalue weighted by Crippen LogP contribution is 2.33. The summed E-state index contributed by atoms with van der Waals surface area (Å²) in [6.07, 6.45) is 4.97. The Balaban J connectivity index is 1.64. The number of nitrogens with zero attached hydrogens (tertiary/aromatic N) is 3. The van der Waals surface area contributed by atoms with Gasteiger partial charge in [0, 0.05) is 24.7 Å². The van der Waals surface area contributed by atoms with Crippen molar-refractivity contribution >= 4 is 16.8 Å². The Morgan fingerprint density at radius 1 is 1.07 bits per heavy atom. The van der Waals surface area contributed by atoms with E-state index in [-0.39, 0.29) is 11.9 Å². The Bertz CT molecular complexity index is 960. The van der Waals surface area contributed by atoms with Crippen molar-refractivity contribution in [3.8, 4) is 0 Å². The van der Waals surface area contributed by atoms with Crippen molar-refractivity contribution in [3.05, 3.63) is 77.5 Å². The zero-order valence-corrected chi connectivity index (χ0v) is 16.6. The molecule has 0 N–H and O–H groups in total. The maximum absolute atomic E-state index is 13.5. The lowest BCUT2D eigenvalue weighted by Gasteiger charge is -2.36. The minimum absolute atomic E-state index is 0.112. The molecule has 3 aromatic rings. The maximum Gasteiger partial charge on any atom is 0.255 e. The summed E-state index contributed by atoms with van der Waals surface area (Å²) < 4.78 is 0. The highest BCUT2D eigenvalue weighted by atomic mass is 16.2. The van der Waals surface area contributed by atoms with Gasteiger partial charge in [0.15, 0.2) is 0 Å². The van der Waals surface area contributed by atoms with Gasteiger partial charge < -0.3 is 9.80 Å². The van der Waals surface area contributed by atoms with Crippen LogP contribution in [0.1, 0.15) is 46.8 Å². The van der Waals surface area contributed by atoms with E-state index in [2.05, 4.69) is 53.1 Å². The van der Waals surface area contributed by atoms with Gasteiger partial charge in [0.25, 0.3) is 5.91 Å². The first-order chi connectivity index (χ1) is 13.6. The van der Waals surface area contributed by atoms with Crippen molar-refractivity contribution in [1.29, 1.82) is 0 Å². The molecular weight excluding hydrogens is 346 g/mol. The lowest BCUT2D eigenvalue weighted by Crippen LogP contribution is -2.38. The normalized spacial score (nSPS) is 17.2. The molecule has 28 heavy (non-hydrogen) atoms. The number of rotatable bonds is 4. The van der Waals surface area contributed by atoms with Gasteiger partial charge in [-0.15, -0.1) is 0 Å². The second-order valence-electron chi connectivity index (χ2n) is 7.87. The molecule has 1 aromatic heterocycles. The number of para-hydroxylation sites is 1. The number of carbonyl (C=O) groups excluding carboxylic acids is 1. The summed E-state index contributed by atoms with van der Waals surface area (Å²) in [5, 5.41) is 0.931. The molecule has 0 bridgehead atoms. The number of carbonyl (C=O) groups is 1. The standard InChI is InChI=1S/C24H27N3O/c1-26(2)17-18-10-12-19(13-11-18)23-9-5-6-16-27(23)24(28)21-14-15-25-22-8-4-3-7-20(21)22/h3-4,7-8,10-15,23H,5-6,9,16-17H2,1-2H3. The predicted octanol–water partition coefficient (Wildman–Crippen LogP) is 4.66. The fourth-order valence-corrected chi connectivity index (χ4v) is 4.17. The maximum atomic E-state index is 13.5. The van der Waals surface area contributed by atoms with E-state index >= 15 is 0 Å². The molecule has 0 saturated carbocycles. The predicted molar refractivity (Wildman–Crippen MR) is 113 cm³/mol. The molecule has 4 heteroatoms. The van der Waals surface area contributed by atoms with E-state index in [1.807, 2.05) is 30.3 Å². The third kappa shape index (κ3) is 3.78. The van der Waals surface area contributed by atoms with Crippen LogP contribution in [0.5, 0.6) is 0 Å². The van der Waals surface area contributed by atoms with E-state index in [4.69, 9.17) is 0 Å². The van der Waals surface area contributed by atoms with Gasteiger partial charge in [0.2, 0.25) is 0 Å². The van der Waals surface area contributed by atoms with Crippen LogP contribution in [-0.4, -0.2) is 41.3 Å². The molecule has 144 valence electrons. The highest BCUT2D eigenvalue weighted by Gasteiger charge is 2.29. The van der Waals surface area contributed by atoms with Crippen LogP contribution in [0, 0.1) is 0 Å². The molecule has 0 aliphatic carbocycles. The minimum atomic E-state index is 0.112. The Kier molecular flexibility index (Phi) is 5.40. The fourth-order valence-electron chi connectivity index (χ4n) is 4.17. The van der Waals surface area contributed by atoms with Crippen molar-refractivity contribution in [1.82, 2.24) is 14.8 Å². The summed E-state index contributed by atoms with van der Waals surface area (Å²) >= 11 is 0. The topological polar surface area (TPSA) is 36.4 Å². The highest BCUT2D eigenvalue weighted by molar-refractivity contribution is 6.06. The molecule has 2 aromatic carbocycles. The van der Waals surface area contributed by atoms with E-state index in [9.17, 15) is 4.79 Å². The molecule has 1 fully saturated rings. The minimum Gasteiger partial charge on any atom is -0.332 e. The number of piperidine rings is 1. The van der Waals surface area contributed by atoms with E-state index in [0.717, 1.165) is 48.8 Å². The summed E-state index contributed by atoms with van der Waals surface area (Å²) in [5.74, 6) is 0.112. The number of likely N-dealkylation sites (tertiary alicyclic amines) is 1. The van der Waals surface area contributed by atoms with Crippen LogP contribution in [0.15, 0.2) is 60.8 Å². The lowest BCUT2D eigenvalue weighted by atomic mass is 9.93. The van der Waals surface area contributed by atoms with Crippen LogP contribution < -0.4 is 0 Å². The second kappa shape index (κ2) is 8.11. The van der Waals surface area contributed by atoms with Crippen LogP contribution in [0.3, 0.4) is 0 Å². The van der Waals surface area contributed by atoms with Crippen molar-refractivity contribution in [2.75, 3.05) is 20.6 Å². The number of hydrogen-bond donors (Lipinski definition) is 0. The molecule has 1 atom stereocenters. The smallest absolute Gasteiger partial charge is 0.255 e. The second-order valence-corrected chi connectivity index (χ2v) is 7.87. The van der Waals surface area contributed by atoms with E-state index in [0.29, 0.717) is 0 Å². The average molecular weight is 374 g/mol. The molecule has 4 nitrogen and oxygen atoms in total. The molecule has 1 amide bonds. The van der Waals surface area contributed by atoms with Gasteiger partial charge in [-0.1, -0.05) is 42.5 Å². The van der Waals surface area contributed by atoms with Crippen molar-refractivity contribution in [3.63, 3.8) is 0 Å². The molecule has 1 aliphatic rings. The molecular formula is C24H27N3O. The average Bonchev–Trinajstić information content (AvgIpc) is 2.73. The first-order valence-corrected chi connectivity index (χ1v) is 10.0. The largest absolute Gasteiger partial charge is 0.332 e. The van der Waals surface area contributed by atoms with Crippen LogP contribution in [0.4, 0.5) is 0 Å². The number of amides is 1. The van der Waals surface area contributed by atoms with Crippen LogP contribution in [0.25, 0.3) is 10.9 Å². The van der Waals surface area contributed by atoms with E-state index in [1.165, 1.54) is 11.1 Å². The molecule has 1 aliphatic heterocycles. The number of fused-ring (bicyclic) bond motifs is 1. The number of benzene rings is 2. The summed E-state index contributed by atoms with van der Waals surface area (Å²) in [6.45, 7) is 1.73. The molecule has 2 heterocycles. The van der Waals surface area contributed by atoms with E-state index in [1.54, 1.807) is 6.20 Å². The number of pyridine rings is 1. The van der Waals surface area contributed by atoms with Crippen molar-refractivity contribution in [2.45, 2.75) is 31.8 Å². The van der Waals surface area contributed by atoms with Gasteiger partial charge in [0.05, 0.1) is 17.1 Å². The van der Waals surface area contributed by atoms with Gasteiger partial charge in [-0.3, -0.25) is 9.78 Å². The summed E-state index contributed by atoms with van der Waals surface area (Å²) in [5.41, 5.74) is 4.15. The van der Waals surface area contributed by atoms with Crippen LogP contribution >= 0.6 is 0 Å². The first kappa shape index (κ1) is 18.6. The molecule has 0 spiro atoms. The SMILES string of the molecule is CN(C)Cc1ccc(C2CCCCN2C(=O)c2ccnc3ccccc23)cc1. The third-order valence-electron chi connectivity index (χ3n) is 5.51.